The summed E-state index contributed by atoms with van der Waals surface area (Å²) in [4.78, 5) is 18.4. The number of fused-ring (bicyclic) bond motifs is 1. The highest BCUT2D eigenvalue weighted by atomic mass is 16.5. The van der Waals surface area contributed by atoms with Gasteiger partial charge in [0.1, 0.15) is 17.8 Å². The predicted octanol–water partition coefficient (Wildman–Crippen LogP) is 3.65. The molecule has 1 saturated heterocycles. The van der Waals surface area contributed by atoms with Crippen LogP contribution in [0.25, 0.3) is 0 Å². The van der Waals surface area contributed by atoms with E-state index in [1.54, 1.807) is 6.33 Å². The molecule has 0 radical (unpaired) electrons. The number of anilines is 2. The highest BCUT2D eigenvalue weighted by Crippen LogP contribution is 2.53. The van der Waals surface area contributed by atoms with Crippen LogP contribution >= 0.6 is 0 Å². The van der Waals surface area contributed by atoms with Crippen molar-refractivity contribution < 1.29 is 9.53 Å². The van der Waals surface area contributed by atoms with Crippen LogP contribution < -0.4 is 16.0 Å². The van der Waals surface area contributed by atoms with Gasteiger partial charge in [-0.3, -0.25) is 4.79 Å². The molecule has 1 aromatic carbocycles. The first-order chi connectivity index (χ1) is 19.3. The molecule has 1 amide bonds. The zero-order valence-corrected chi connectivity index (χ0v) is 23.3. The van der Waals surface area contributed by atoms with Crippen molar-refractivity contribution in [2.45, 2.75) is 62.9 Å². The number of benzene rings is 1. The SMILES string of the molecule is Cn1cnnc1[C@]1(c2cccc(NC(=O)c3cc(CN[C@H]4CCOC4)c4c(n3)C(C)(C)CN4)c2)C[C@H](CC#N)C1. The molecule has 4 heterocycles. The molecular formula is C30H36N8O2. The van der Waals surface area contributed by atoms with Crippen LogP contribution in [0, 0.1) is 17.2 Å². The minimum absolute atomic E-state index is 0.177. The Kier molecular flexibility index (Phi) is 6.80. The van der Waals surface area contributed by atoms with Crippen LogP contribution in [0.2, 0.25) is 0 Å². The molecule has 0 bridgehead atoms. The van der Waals surface area contributed by atoms with Gasteiger partial charge in [0.05, 0.1) is 29.5 Å². The summed E-state index contributed by atoms with van der Waals surface area (Å²) >= 11 is 0. The van der Waals surface area contributed by atoms with E-state index in [1.165, 1.54) is 0 Å². The van der Waals surface area contributed by atoms with Gasteiger partial charge in [-0.15, -0.1) is 10.2 Å². The van der Waals surface area contributed by atoms with Crippen molar-refractivity contribution in [3.05, 3.63) is 65.0 Å². The van der Waals surface area contributed by atoms with Gasteiger partial charge >= 0.3 is 0 Å². The van der Waals surface area contributed by atoms with E-state index in [0.29, 0.717) is 42.9 Å². The molecule has 3 N–H and O–H groups in total. The summed E-state index contributed by atoms with van der Waals surface area (Å²) in [7, 11) is 1.95. The maximum Gasteiger partial charge on any atom is 0.274 e. The molecule has 1 aliphatic carbocycles. The van der Waals surface area contributed by atoms with Gasteiger partial charge in [0.15, 0.2) is 0 Å². The molecule has 2 aliphatic heterocycles. The summed E-state index contributed by atoms with van der Waals surface area (Å²) < 4.78 is 7.47. The molecule has 2 fully saturated rings. The van der Waals surface area contributed by atoms with Crippen LogP contribution in [0.4, 0.5) is 11.4 Å². The number of nitriles is 1. The van der Waals surface area contributed by atoms with E-state index in [0.717, 1.165) is 60.7 Å². The standard InChI is InChI=1S/C30H36N8O2/c1-29(2)17-33-25-20(15-32-23-8-10-40-16-23)11-24(36-26(25)29)27(39)35-22-6-4-5-21(12-22)30(13-19(14-30)7-9-31)28-37-34-18-38(28)3/h4-6,11-12,18-19,23,32-33H,7-8,10,13-17H2,1-3H3,(H,35,39)/t19-,23-,30+/m0/s1. The highest BCUT2D eigenvalue weighted by Gasteiger charge is 2.49. The Morgan fingerprint density at radius 2 is 2.15 bits per heavy atom. The number of aryl methyl sites for hydroxylation is 1. The first-order valence-electron chi connectivity index (χ1n) is 14.0. The minimum Gasteiger partial charge on any atom is -0.382 e. The first-order valence-corrected chi connectivity index (χ1v) is 14.0. The Morgan fingerprint density at radius 3 is 2.88 bits per heavy atom. The maximum absolute atomic E-state index is 13.6. The summed E-state index contributed by atoms with van der Waals surface area (Å²) in [5.41, 5.74) is 4.65. The predicted molar refractivity (Wildman–Crippen MR) is 151 cm³/mol. The number of rotatable bonds is 8. The van der Waals surface area contributed by atoms with Crippen LogP contribution in [-0.2, 0) is 29.2 Å². The second-order valence-corrected chi connectivity index (χ2v) is 12.1. The van der Waals surface area contributed by atoms with Crippen molar-refractivity contribution in [2.75, 3.05) is 30.4 Å². The molecular weight excluding hydrogens is 504 g/mol. The summed E-state index contributed by atoms with van der Waals surface area (Å²) in [6.07, 6.45) is 4.87. The van der Waals surface area contributed by atoms with Crippen LogP contribution in [0.3, 0.4) is 0 Å². The molecule has 2 aromatic heterocycles. The largest absolute Gasteiger partial charge is 0.382 e. The molecule has 208 valence electrons. The van der Waals surface area contributed by atoms with Gasteiger partial charge in [-0.25, -0.2) is 4.98 Å². The number of nitrogens with zero attached hydrogens (tertiary/aromatic N) is 5. The normalized spacial score (nSPS) is 24.6. The van der Waals surface area contributed by atoms with Crippen LogP contribution in [-0.4, -0.2) is 51.5 Å². The van der Waals surface area contributed by atoms with Crippen molar-refractivity contribution in [3.8, 4) is 6.07 Å². The molecule has 1 atom stereocenters. The summed E-state index contributed by atoms with van der Waals surface area (Å²) in [6, 6.07) is 12.5. The Balaban J connectivity index is 1.27. The molecule has 10 heteroatoms. The number of aromatic nitrogens is 4. The third-order valence-corrected chi connectivity index (χ3v) is 8.66. The van der Waals surface area contributed by atoms with Crippen LogP contribution in [0.5, 0.6) is 0 Å². The second kappa shape index (κ2) is 10.3. The first kappa shape index (κ1) is 26.4. The quantitative estimate of drug-likeness (QED) is 0.395. The fourth-order valence-corrected chi connectivity index (χ4v) is 6.44. The molecule has 0 spiro atoms. The molecule has 6 rings (SSSR count). The average Bonchev–Trinajstić information content (AvgIpc) is 3.66. The van der Waals surface area contributed by atoms with Gasteiger partial charge < -0.3 is 25.3 Å². The number of carbonyl (C=O) groups is 1. The molecule has 10 nitrogen and oxygen atoms in total. The number of hydrogen-bond donors (Lipinski definition) is 3. The summed E-state index contributed by atoms with van der Waals surface area (Å²) in [6.45, 7) is 7.21. The van der Waals surface area contributed by atoms with E-state index < -0.39 is 0 Å². The number of amides is 1. The van der Waals surface area contributed by atoms with E-state index in [4.69, 9.17) is 9.72 Å². The number of ether oxygens (including phenoxy) is 1. The van der Waals surface area contributed by atoms with Gasteiger partial charge in [-0.05, 0) is 54.5 Å². The molecule has 40 heavy (non-hydrogen) atoms. The second-order valence-electron chi connectivity index (χ2n) is 12.1. The van der Waals surface area contributed by atoms with E-state index in [2.05, 4.69) is 52.1 Å². The van der Waals surface area contributed by atoms with Gasteiger partial charge in [0.25, 0.3) is 5.91 Å². The van der Waals surface area contributed by atoms with Crippen molar-refractivity contribution >= 4 is 17.3 Å². The van der Waals surface area contributed by atoms with Crippen molar-refractivity contribution in [3.63, 3.8) is 0 Å². The topological polar surface area (TPSA) is 130 Å². The lowest BCUT2D eigenvalue weighted by atomic mass is 9.57. The van der Waals surface area contributed by atoms with Gasteiger partial charge in [-0.1, -0.05) is 26.0 Å². The molecule has 0 unspecified atom stereocenters. The van der Waals surface area contributed by atoms with E-state index in [9.17, 15) is 10.1 Å². The molecule has 1 saturated carbocycles. The maximum atomic E-state index is 13.6. The Morgan fingerprint density at radius 1 is 1.30 bits per heavy atom. The fraction of sp³-hybridized carbons (Fsp3) is 0.500. The lowest BCUT2D eigenvalue weighted by molar-refractivity contribution is 0.102. The van der Waals surface area contributed by atoms with Crippen molar-refractivity contribution in [2.24, 2.45) is 13.0 Å². The third-order valence-electron chi connectivity index (χ3n) is 8.66. The zero-order chi connectivity index (χ0) is 27.9. The number of pyridine rings is 1. The number of hydrogen-bond acceptors (Lipinski definition) is 8. The number of carbonyl (C=O) groups excluding carboxylic acids is 1. The lowest BCUT2D eigenvalue weighted by Crippen LogP contribution is -2.44. The van der Waals surface area contributed by atoms with E-state index in [1.807, 2.05) is 35.9 Å². The fourth-order valence-electron chi connectivity index (χ4n) is 6.44. The monoisotopic (exact) mass is 540 g/mol. The van der Waals surface area contributed by atoms with Crippen LogP contribution in [0.15, 0.2) is 36.7 Å². The highest BCUT2D eigenvalue weighted by molar-refractivity contribution is 6.03. The van der Waals surface area contributed by atoms with Gasteiger partial charge in [0, 0.05) is 50.3 Å². The van der Waals surface area contributed by atoms with E-state index in [-0.39, 0.29) is 16.7 Å². The molecule has 3 aromatic rings. The Labute approximate surface area is 234 Å². The van der Waals surface area contributed by atoms with E-state index >= 15 is 0 Å². The zero-order valence-electron chi connectivity index (χ0n) is 23.3. The minimum atomic E-state index is -0.336. The Bertz CT molecular complexity index is 1460. The lowest BCUT2D eigenvalue weighted by Gasteiger charge is -2.46. The van der Waals surface area contributed by atoms with Crippen molar-refractivity contribution in [1.82, 2.24) is 25.1 Å². The third kappa shape index (κ3) is 4.73. The van der Waals surface area contributed by atoms with Crippen molar-refractivity contribution in [1.29, 1.82) is 5.26 Å². The summed E-state index contributed by atoms with van der Waals surface area (Å²) in [5.74, 6) is 0.956. The summed E-state index contributed by atoms with van der Waals surface area (Å²) in [5, 5.41) is 28.0. The smallest absolute Gasteiger partial charge is 0.274 e. The van der Waals surface area contributed by atoms with Crippen LogP contribution in [0.1, 0.15) is 72.7 Å². The number of nitrogens with one attached hydrogen (secondary N) is 3. The Hall–Kier alpha value is -3.81. The van der Waals surface area contributed by atoms with Gasteiger partial charge in [0.2, 0.25) is 0 Å². The van der Waals surface area contributed by atoms with Gasteiger partial charge in [-0.2, -0.15) is 5.26 Å². The average molecular weight is 541 g/mol. The molecule has 3 aliphatic rings.